The summed E-state index contributed by atoms with van der Waals surface area (Å²) in [4.78, 5) is 19.6. The quantitative estimate of drug-likeness (QED) is 0.799. The van der Waals surface area contributed by atoms with Gasteiger partial charge in [-0.3, -0.25) is 4.79 Å². The zero-order valence-corrected chi connectivity index (χ0v) is 13.4. The number of hydrogen-bond donors (Lipinski definition) is 1. The first-order valence-corrected chi connectivity index (χ1v) is 8.03. The summed E-state index contributed by atoms with van der Waals surface area (Å²) in [6.45, 7) is 7.76. The first-order chi connectivity index (χ1) is 9.52. The van der Waals surface area contributed by atoms with Gasteiger partial charge < -0.3 is 15.0 Å². The summed E-state index contributed by atoms with van der Waals surface area (Å²) in [5.41, 5.74) is 0.813. The fourth-order valence-corrected chi connectivity index (χ4v) is 3.44. The largest absolute Gasteiger partial charge is 0.375 e. The molecule has 2 aliphatic heterocycles. The Balaban J connectivity index is 2.23. The highest BCUT2D eigenvalue weighted by molar-refractivity contribution is 8.04. The van der Waals surface area contributed by atoms with Crippen LogP contribution in [0.5, 0.6) is 0 Å². The van der Waals surface area contributed by atoms with E-state index in [0.29, 0.717) is 6.04 Å². The molecule has 5 nitrogen and oxygen atoms in total. The van der Waals surface area contributed by atoms with Crippen molar-refractivity contribution in [3.8, 4) is 0 Å². The molecule has 0 spiro atoms. The minimum Gasteiger partial charge on any atom is -0.375 e. The van der Waals surface area contributed by atoms with Crippen molar-refractivity contribution in [3.05, 3.63) is 10.6 Å². The smallest absolute Gasteiger partial charge is 0.259 e. The first kappa shape index (κ1) is 15.4. The summed E-state index contributed by atoms with van der Waals surface area (Å²) < 4.78 is 5.67. The molecule has 0 aromatic rings. The van der Waals surface area contributed by atoms with Crippen LogP contribution in [0.2, 0.25) is 0 Å². The number of amidine groups is 1. The number of thioether (sulfide) groups is 1. The molecule has 112 valence electrons. The summed E-state index contributed by atoms with van der Waals surface area (Å²) >= 11 is 1.59. The number of nitrogens with zero attached hydrogens (tertiary/aromatic N) is 2. The fourth-order valence-electron chi connectivity index (χ4n) is 2.46. The molecule has 2 rings (SSSR count). The third-order valence-corrected chi connectivity index (χ3v) is 4.75. The lowest BCUT2D eigenvalue weighted by atomic mass is 10.2. The third kappa shape index (κ3) is 3.35. The lowest BCUT2D eigenvalue weighted by Crippen LogP contribution is -2.50. The Labute approximate surface area is 124 Å². The highest BCUT2D eigenvalue weighted by atomic mass is 32.2. The van der Waals surface area contributed by atoms with Crippen molar-refractivity contribution in [2.75, 3.05) is 26.0 Å². The molecule has 1 unspecified atom stereocenters. The van der Waals surface area contributed by atoms with Gasteiger partial charge in [0.2, 0.25) is 0 Å². The number of hydrogen-bond acceptors (Lipinski definition) is 5. The van der Waals surface area contributed by atoms with Gasteiger partial charge in [0.25, 0.3) is 5.91 Å². The number of aliphatic imine (C=N–C) groups is 1. The summed E-state index contributed by atoms with van der Waals surface area (Å²) in [7, 11) is 1.66. The van der Waals surface area contributed by atoms with Crippen molar-refractivity contribution in [1.29, 1.82) is 0 Å². The normalized spacial score (nSPS) is 28.0. The van der Waals surface area contributed by atoms with Crippen molar-refractivity contribution >= 4 is 23.5 Å². The Morgan fingerprint density at radius 3 is 2.95 bits per heavy atom. The number of likely N-dealkylation sites (N-methyl/N-ethyl adjacent to an activating group) is 1. The summed E-state index contributed by atoms with van der Waals surface area (Å²) in [6.07, 6.45) is 1.12. The predicted octanol–water partition coefficient (Wildman–Crippen LogP) is 1.61. The first-order valence-electron chi connectivity index (χ1n) is 7.04. The van der Waals surface area contributed by atoms with Gasteiger partial charge in [-0.05, 0) is 20.8 Å². The van der Waals surface area contributed by atoms with Crippen LogP contribution in [0.15, 0.2) is 15.6 Å². The maximum atomic E-state index is 11.8. The van der Waals surface area contributed by atoms with E-state index in [2.05, 4.69) is 24.1 Å². The second kappa shape index (κ2) is 6.63. The summed E-state index contributed by atoms with van der Waals surface area (Å²) in [6, 6.07) is 0.337. The number of nitrogens with one attached hydrogen (secondary N) is 1. The zero-order chi connectivity index (χ0) is 14.7. The molecule has 20 heavy (non-hydrogen) atoms. The maximum absolute atomic E-state index is 11.8. The molecule has 2 heterocycles. The minimum atomic E-state index is -0.0408. The minimum absolute atomic E-state index is 0.0408. The Kier molecular flexibility index (Phi) is 5.10. The van der Waals surface area contributed by atoms with Gasteiger partial charge in [0.15, 0.2) is 0 Å². The standard InChI is InChI=1S/C14H23N3O2S/c1-9-8-19-10(2)7-17(9)12-5-6-20-13(11(3)16-12)14(18)15-4/h9-10H,5-8H2,1-4H3,(H,15,18)/t9-,10?/m1/s1. The number of morpholine rings is 1. The van der Waals surface area contributed by atoms with Crippen molar-refractivity contribution < 1.29 is 9.53 Å². The van der Waals surface area contributed by atoms with E-state index in [0.717, 1.165) is 41.8 Å². The van der Waals surface area contributed by atoms with Crippen molar-refractivity contribution in [1.82, 2.24) is 10.2 Å². The van der Waals surface area contributed by atoms with E-state index in [-0.39, 0.29) is 12.0 Å². The lowest BCUT2D eigenvalue weighted by molar-refractivity contribution is -0.116. The van der Waals surface area contributed by atoms with Crippen molar-refractivity contribution in [3.63, 3.8) is 0 Å². The highest BCUT2D eigenvalue weighted by Crippen LogP contribution is 2.27. The van der Waals surface area contributed by atoms with Crippen LogP contribution in [0, 0.1) is 0 Å². The maximum Gasteiger partial charge on any atom is 0.259 e. The number of rotatable bonds is 1. The molecule has 0 aliphatic carbocycles. The summed E-state index contributed by atoms with van der Waals surface area (Å²) in [5, 5.41) is 2.68. The molecule has 1 saturated heterocycles. The summed E-state index contributed by atoms with van der Waals surface area (Å²) in [5.74, 6) is 1.93. The molecule has 6 heteroatoms. The van der Waals surface area contributed by atoms with Crippen LogP contribution in [0.4, 0.5) is 0 Å². The van der Waals surface area contributed by atoms with E-state index in [1.807, 2.05) is 6.92 Å². The second-order valence-corrected chi connectivity index (χ2v) is 6.37. The molecule has 2 aliphatic rings. The molecule has 0 aromatic heterocycles. The molecule has 0 saturated carbocycles. The van der Waals surface area contributed by atoms with Gasteiger partial charge >= 0.3 is 0 Å². The zero-order valence-electron chi connectivity index (χ0n) is 12.6. The van der Waals surface area contributed by atoms with Gasteiger partial charge in [-0.25, -0.2) is 4.99 Å². The van der Waals surface area contributed by atoms with Gasteiger partial charge in [-0.15, -0.1) is 11.8 Å². The monoisotopic (exact) mass is 297 g/mol. The second-order valence-electron chi connectivity index (χ2n) is 5.27. The predicted molar refractivity (Wildman–Crippen MR) is 82.9 cm³/mol. The van der Waals surface area contributed by atoms with Crippen LogP contribution in [0.1, 0.15) is 27.2 Å². The molecule has 1 N–H and O–H groups in total. The Bertz CT molecular complexity index is 448. The lowest BCUT2D eigenvalue weighted by Gasteiger charge is -2.39. The molecule has 2 atom stereocenters. The number of carbonyl (C=O) groups excluding carboxylic acids is 1. The average Bonchev–Trinajstić information content (AvgIpc) is 2.62. The van der Waals surface area contributed by atoms with Gasteiger partial charge in [-0.2, -0.15) is 0 Å². The van der Waals surface area contributed by atoms with Crippen LogP contribution in [-0.4, -0.2) is 54.7 Å². The van der Waals surface area contributed by atoms with E-state index in [1.165, 1.54) is 0 Å². The molecule has 1 amide bonds. The van der Waals surface area contributed by atoms with Gasteiger partial charge in [0.05, 0.1) is 29.4 Å². The molecule has 0 bridgehead atoms. The highest BCUT2D eigenvalue weighted by Gasteiger charge is 2.27. The third-order valence-electron chi connectivity index (χ3n) is 3.57. The van der Waals surface area contributed by atoms with Gasteiger partial charge in [0.1, 0.15) is 5.84 Å². The fraction of sp³-hybridized carbons (Fsp3) is 0.714. The van der Waals surface area contributed by atoms with E-state index < -0.39 is 0 Å². The number of amides is 1. The topological polar surface area (TPSA) is 53.9 Å². The molecule has 1 fully saturated rings. The van der Waals surface area contributed by atoms with Gasteiger partial charge in [0, 0.05) is 25.8 Å². The van der Waals surface area contributed by atoms with Crippen molar-refractivity contribution in [2.45, 2.75) is 39.3 Å². The van der Waals surface area contributed by atoms with Gasteiger partial charge in [-0.1, -0.05) is 0 Å². The van der Waals surface area contributed by atoms with Crippen molar-refractivity contribution in [2.24, 2.45) is 4.99 Å². The van der Waals surface area contributed by atoms with Crippen LogP contribution < -0.4 is 5.32 Å². The van der Waals surface area contributed by atoms with E-state index >= 15 is 0 Å². The molecule has 0 aromatic carbocycles. The Morgan fingerprint density at radius 2 is 2.25 bits per heavy atom. The van der Waals surface area contributed by atoms with Crippen LogP contribution >= 0.6 is 11.8 Å². The Hall–Kier alpha value is -1.01. The van der Waals surface area contributed by atoms with Crippen LogP contribution in [0.3, 0.4) is 0 Å². The van der Waals surface area contributed by atoms with E-state index in [4.69, 9.17) is 9.73 Å². The molecule has 0 radical (unpaired) electrons. The Morgan fingerprint density at radius 1 is 1.50 bits per heavy atom. The molecular weight excluding hydrogens is 274 g/mol. The number of allylic oxidation sites excluding steroid dienone is 1. The molecular formula is C14H23N3O2S. The SMILES string of the molecule is CNC(=O)C1=C(C)N=C(N2CC(C)OC[C@H]2C)CCS1. The number of carbonyl (C=O) groups is 1. The van der Waals surface area contributed by atoms with E-state index in [1.54, 1.807) is 18.8 Å². The van der Waals surface area contributed by atoms with Crippen LogP contribution in [0.25, 0.3) is 0 Å². The van der Waals surface area contributed by atoms with Crippen LogP contribution in [-0.2, 0) is 9.53 Å². The van der Waals surface area contributed by atoms with E-state index in [9.17, 15) is 4.79 Å². The number of ether oxygens (including phenoxy) is 1. The average molecular weight is 297 g/mol.